The molecule has 1 aliphatic rings. The third-order valence-electron chi connectivity index (χ3n) is 4.68. The number of nitrogens with one attached hydrogen (secondary N) is 1. The second-order valence-electron chi connectivity index (χ2n) is 6.97. The zero-order chi connectivity index (χ0) is 19.8. The molecule has 3 rings (SSSR count). The predicted molar refractivity (Wildman–Crippen MR) is 117 cm³/mol. The third kappa shape index (κ3) is 6.04. The van der Waals surface area contributed by atoms with Crippen LogP contribution in [0, 0.1) is 6.92 Å². The highest BCUT2D eigenvalue weighted by molar-refractivity contribution is 7.09. The van der Waals surface area contributed by atoms with Gasteiger partial charge in [-0.3, -0.25) is 4.79 Å². The van der Waals surface area contributed by atoms with Crippen LogP contribution in [0.2, 0.25) is 0 Å². The fraction of sp³-hybridized carbons (Fsp3) is 0.292. The summed E-state index contributed by atoms with van der Waals surface area (Å²) in [6.07, 6.45) is 10.4. The second kappa shape index (κ2) is 10.2. The van der Waals surface area contributed by atoms with E-state index >= 15 is 0 Å². The number of benzene rings is 1. The Morgan fingerprint density at radius 3 is 2.79 bits per heavy atom. The lowest BCUT2D eigenvalue weighted by Gasteiger charge is -2.13. The number of carbonyl (C=O) groups excluding carboxylic acids is 1. The van der Waals surface area contributed by atoms with Crippen molar-refractivity contribution in [1.82, 2.24) is 5.32 Å². The number of allylic oxidation sites excluding steroid dienone is 5. The van der Waals surface area contributed by atoms with Gasteiger partial charge in [0, 0.05) is 24.4 Å². The molecule has 0 spiro atoms. The molecule has 0 unspecified atom stereocenters. The third-order valence-corrected chi connectivity index (χ3v) is 5.62. The second-order valence-corrected chi connectivity index (χ2v) is 8.00. The van der Waals surface area contributed by atoms with E-state index in [-0.39, 0.29) is 5.78 Å². The van der Waals surface area contributed by atoms with Crippen LogP contribution in [0.15, 0.2) is 71.3 Å². The fourth-order valence-electron chi connectivity index (χ4n) is 3.05. The minimum absolute atomic E-state index is 0.106. The van der Waals surface area contributed by atoms with E-state index in [1.165, 1.54) is 10.4 Å². The van der Waals surface area contributed by atoms with E-state index in [1.54, 1.807) is 18.3 Å². The minimum Gasteiger partial charge on any atom is -0.461 e. The monoisotopic (exact) mass is 393 g/mol. The highest BCUT2D eigenvalue weighted by atomic mass is 32.1. The molecule has 1 aromatic carbocycles. The van der Waals surface area contributed by atoms with Gasteiger partial charge in [0.2, 0.25) is 0 Å². The summed E-state index contributed by atoms with van der Waals surface area (Å²) in [5, 5.41) is 5.62. The van der Waals surface area contributed by atoms with E-state index in [9.17, 15) is 4.79 Å². The van der Waals surface area contributed by atoms with Crippen LogP contribution in [0.1, 0.15) is 35.8 Å². The van der Waals surface area contributed by atoms with Crippen molar-refractivity contribution in [3.63, 3.8) is 0 Å². The van der Waals surface area contributed by atoms with E-state index in [0.29, 0.717) is 6.42 Å². The van der Waals surface area contributed by atoms with Crippen LogP contribution in [0.4, 0.5) is 0 Å². The van der Waals surface area contributed by atoms with Gasteiger partial charge < -0.3 is 10.1 Å². The Bertz CT molecular complexity index is 891. The van der Waals surface area contributed by atoms with Gasteiger partial charge in [-0.15, -0.1) is 11.3 Å². The van der Waals surface area contributed by atoms with Gasteiger partial charge in [0.05, 0.1) is 0 Å². The Morgan fingerprint density at radius 2 is 2.04 bits per heavy atom. The van der Waals surface area contributed by atoms with Gasteiger partial charge in [-0.25, -0.2) is 0 Å². The lowest BCUT2D eigenvalue weighted by Crippen LogP contribution is -2.16. The van der Waals surface area contributed by atoms with Crippen LogP contribution in [0.3, 0.4) is 0 Å². The van der Waals surface area contributed by atoms with E-state index in [2.05, 4.69) is 48.0 Å². The first-order valence-electron chi connectivity index (χ1n) is 9.68. The smallest absolute Gasteiger partial charge is 0.156 e. The predicted octanol–water partition coefficient (Wildman–Crippen LogP) is 5.52. The summed E-state index contributed by atoms with van der Waals surface area (Å²) in [7, 11) is 0. The Morgan fingerprint density at radius 1 is 1.18 bits per heavy atom. The molecule has 0 bridgehead atoms. The van der Waals surface area contributed by atoms with Gasteiger partial charge in [-0.1, -0.05) is 36.4 Å². The number of thiophene rings is 1. The summed E-state index contributed by atoms with van der Waals surface area (Å²) in [6, 6.07) is 10.6. The maximum absolute atomic E-state index is 11.6. The first-order valence-corrected chi connectivity index (χ1v) is 10.6. The molecule has 0 radical (unpaired) electrons. The van der Waals surface area contributed by atoms with Gasteiger partial charge in [0.1, 0.15) is 11.5 Å². The summed E-state index contributed by atoms with van der Waals surface area (Å²) in [5.74, 6) is 1.81. The molecular formula is C24H27NO2S. The number of rotatable bonds is 8. The minimum atomic E-state index is 0.106. The van der Waals surface area contributed by atoms with Gasteiger partial charge >= 0.3 is 0 Å². The lowest BCUT2D eigenvalue weighted by molar-refractivity contribution is -0.113. The van der Waals surface area contributed by atoms with Crippen LogP contribution in [0.5, 0.6) is 5.75 Å². The Kier molecular flexibility index (Phi) is 7.40. The lowest BCUT2D eigenvalue weighted by atomic mass is 10.1. The molecule has 28 heavy (non-hydrogen) atoms. The van der Waals surface area contributed by atoms with Crippen LogP contribution in [0.25, 0.3) is 0 Å². The van der Waals surface area contributed by atoms with Gasteiger partial charge in [0.15, 0.2) is 5.78 Å². The molecule has 146 valence electrons. The van der Waals surface area contributed by atoms with Crippen LogP contribution < -0.4 is 10.1 Å². The average molecular weight is 394 g/mol. The number of ketones is 1. The summed E-state index contributed by atoms with van der Waals surface area (Å²) in [6.45, 7) is 5.50. The van der Waals surface area contributed by atoms with Crippen molar-refractivity contribution < 1.29 is 9.53 Å². The topological polar surface area (TPSA) is 38.3 Å². The summed E-state index contributed by atoms with van der Waals surface area (Å²) < 4.78 is 6.11. The largest absolute Gasteiger partial charge is 0.461 e. The standard InChI is InChI=1S/C24H27NO2S/c1-18-16-20(17-25-14-13-23-8-5-15-28-23)9-12-24(18)27-22-7-4-3-6-21(10-11-22)19(2)26/h3-5,8-12,15-16,25H,6-7,13-14,17H2,1-2H3/b4-3?,21-10+,22-11+. The molecule has 1 N–H and O–H groups in total. The molecule has 0 fully saturated rings. The molecule has 0 saturated carbocycles. The summed E-state index contributed by atoms with van der Waals surface area (Å²) >= 11 is 1.81. The molecule has 0 atom stereocenters. The summed E-state index contributed by atoms with van der Waals surface area (Å²) in [5.41, 5.74) is 3.17. The van der Waals surface area contributed by atoms with Crippen LogP contribution in [-0.4, -0.2) is 12.3 Å². The van der Waals surface area contributed by atoms with Crippen molar-refractivity contribution in [3.05, 3.63) is 87.4 Å². The van der Waals surface area contributed by atoms with E-state index < -0.39 is 0 Å². The Balaban J connectivity index is 1.57. The number of hydrogen-bond donors (Lipinski definition) is 1. The SMILES string of the molecule is CC(=O)/C1=C/C=C(/Oc2ccc(CNCCc3cccs3)cc2C)CC=CC1. The maximum Gasteiger partial charge on any atom is 0.156 e. The highest BCUT2D eigenvalue weighted by Crippen LogP contribution is 2.24. The van der Waals surface area contributed by atoms with Crippen LogP contribution >= 0.6 is 11.3 Å². The van der Waals surface area contributed by atoms with Crippen molar-refractivity contribution in [1.29, 1.82) is 0 Å². The first-order chi connectivity index (χ1) is 13.6. The molecule has 1 aliphatic carbocycles. The number of hydrogen-bond acceptors (Lipinski definition) is 4. The maximum atomic E-state index is 11.6. The number of Topliss-reactive ketones (excluding diaryl/α,β-unsaturated/α-hetero) is 1. The van der Waals surface area contributed by atoms with Gasteiger partial charge in [-0.05, 0) is 67.0 Å². The van der Waals surface area contributed by atoms with E-state index in [1.807, 2.05) is 24.3 Å². The van der Waals surface area contributed by atoms with Crippen LogP contribution in [-0.2, 0) is 17.8 Å². The quantitative estimate of drug-likeness (QED) is 0.474. The zero-order valence-corrected chi connectivity index (χ0v) is 17.4. The fourth-order valence-corrected chi connectivity index (χ4v) is 3.76. The van der Waals surface area contributed by atoms with Gasteiger partial charge in [-0.2, -0.15) is 0 Å². The van der Waals surface area contributed by atoms with Crippen molar-refractivity contribution >= 4 is 17.1 Å². The molecule has 0 amide bonds. The van der Waals surface area contributed by atoms with Gasteiger partial charge in [0.25, 0.3) is 0 Å². The van der Waals surface area contributed by atoms with E-state index in [0.717, 1.165) is 48.6 Å². The Labute approximate surface area is 171 Å². The molecule has 0 aliphatic heterocycles. The number of ether oxygens (including phenoxy) is 1. The molecule has 1 aromatic heterocycles. The molecule has 2 aromatic rings. The molecule has 1 heterocycles. The van der Waals surface area contributed by atoms with Crippen molar-refractivity contribution in [3.8, 4) is 5.75 Å². The highest BCUT2D eigenvalue weighted by Gasteiger charge is 2.07. The zero-order valence-electron chi connectivity index (χ0n) is 16.5. The average Bonchev–Trinajstić information content (AvgIpc) is 3.16. The summed E-state index contributed by atoms with van der Waals surface area (Å²) in [4.78, 5) is 13.0. The molecule has 0 saturated heterocycles. The first kappa shape index (κ1) is 20.3. The normalized spacial score (nSPS) is 17.8. The van der Waals surface area contributed by atoms with E-state index in [4.69, 9.17) is 4.74 Å². The molecular weight excluding hydrogens is 366 g/mol. The van der Waals surface area contributed by atoms with Crippen molar-refractivity contribution in [2.45, 2.75) is 39.7 Å². The Hall–Kier alpha value is -2.43. The number of aryl methyl sites for hydroxylation is 1. The van der Waals surface area contributed by atoms with Crippen molar-refractivity contribution in [2.24, 2.45) is 0 Å². The molecule has 4 heteroatoms. The van der Waals surface area contributed by atoms with Crippen molar-refractivity contribution in [2.75, 3.05) is 6.54 Å². The number of carbonyl (C=O) groups is 1. The molecule has 3 nitrogen and oxygen atoms in total.